The average Bonchev–Trinajstić information content (AvgIpc) is 3.07. The standard InChI is InChI=1S/C18H19ClN2O4S/c1-4-9-24-12(2)17(23)25-10-15-11-26-18(20-15)21(13(3)22)16-7-5-14(19)6-8-16/h4-8,11-12H,1,9-10H2,2-3H3. The first-order valence-electron chi connectivity index (χ1n) is 7.82. The minimum Gasteiger partial charge on any atom is -0.457 e. The van der Waals surface area contributed by atoms with Crippen molar-refractivity contribution in [1.29, 1.82) is 0 Å². The number of benzene rings is 1. The van der Waals surface area contributed by atoms with Crippen LogP contribution in [-0.2, 0) is 25.7 Å². The van der Waals surface area contributed by atoms with Gasteiger partial charge in [-0.05, 0) is 31.2 Å². The van der Waals surface area contributed by atoms with E-state index >= 15 is 0 Å². The number of esters is 1. The number of halogens is 1. The number of carbonyl (C=O) groups excluding carboxylic acids is 2. The number of amides is 1. The SMILES string of the molecule is C=CCOC(C)C(=O)OCc1csc(N(C(C)=O)c2ccc(Cl)cc2)n1. The summed E-state index contributed by atoms with van der Waals surface area (Å²) in [5.41, 5.74) is 1.21. The number of aromatic nitrogens is 1. The van der Waals surface area contributed by atoms with E-state index in [1.165, 1.54) is 23.2 Å². The Bertz CT molecular complexity index is 776. The molecular weight excluding hydrogens is 376 g/mol. The van der Waals surface area contributed by atoms with Gasteiger partial charge in [-0.2, -0.15) is 0 Å². The van der Waals surface area contributed by atoms with Crippen LogP contribution in [0.25, 0.3) is 0 Å². The second-order valence-electron chi connectivity index (χ2n) is 5.32. The van der Waals surface area contributed by atoms with Gasteiger partial charge in [0.15, 0.2) is 11.2 Å². The van der Waals surface area contributed by atoms with Gasteiger partial charge >= 0.3 is 5.97 Å². The summed E-state index contributed by atoms with van der Waals surface area (Å²) in [5.74, 6) is -0.667. The zero-order chi connectivity index (χ0) is 19.1. The van der Waals surface area contributed by atoms with Gasteiger partial charge in [0.1, 0.15) is 6.61 Å². The molecule has 138 valence electrons. The maximum Gasteiger partial charge on any atom is 0.335 e. The van der Waals surface area contributed by atoms with Crippen LogP contribution in [0.15, 0.2) is 42.3 Å². The predicted molar refractivity (Wildman–Crippen MR) is 102 cm³/mol. The molecule has 1 unspecified atom stereocenters. The van der Waals surface area contributed by atoms with Gasteiger partial charge in [0.05, 0.1) is 18.0 Å². The lowest BCUT2D eigenvalue weighted by Gasteiger charge is -2.18. The molecule has 2 rings (SSSR count). The van der Waals surface area contributed by atoms with E-state index < -0.39 is 12.1 Å². The fraction of sp³-hybridized carbons (Fsp3) is 0.278. The van der Waals surface area contributed by atoms with Crippen LogP contribution in [0.5, 0.6) is 0 Å². The van der Waals surface area contributed by atoms with Crippen LogP contribution in [0, 0.1) is 0 Å². The third kappa shape index (κ3) is 5.39. The molecule has 2 aromatic rings. The Kier molecular flexibility index (Phi) is 7.32. The molecule has 1 aromatic carbocycles. The fourth-order valence-electron chi connectivity index (χ4n) is 2.03. The Morgan fingerprint density at radius 3 is 2.69 bits per heavy atom. The van der Waals surface area contributed by atoms with Crippen molar-refractivity contribution in [2.45, 2.75) is 26.6 Å². The van der Waals surface area contributed by atoms with Gasteiger partial charge in [0.2, 0.25) is 5.91 Å². The summed E-state index contributed by atoms with van der Waals surface area (Å²) >= 11 is 7.18. The molecule has 0 radical (unpaired) electrons. The smallest absolute Gasteiger partial charge is 0.335 e. The summed E-state index contributed by atoms with van der Waals surface area (Å²) in [6.07, 6.45) is 0.873. The lowest BCUT2D eigenvalue weighted by Crippen LogP contribution is -2.23. The van der Waals surface area contributed by atoms with E-state index in [0.29, 0.717) is 21.5 Å². The number of hydrogen-bond acceptors (Lipinski definition) is 6. The third-order valence-corrected chi connectivity index (χ3v) is 4.42. The molecule has 6 nitrogen and oxygen atoms in total. The van der Waals surface area contributed by atoms with Gasteiger partial charge in [-0.3, -0.25) is 9.69 Å². The highest BCUT2D eigenvalue weighted by atomic mass is 35.5. The van der Waals surface area contributed by atoms with Crippen molar-refractivity contribution in [1.82, 2.24) is 4.98 Å². The Hall–Kier alpha value is -2.22. The molecular formula is C18H19ClN2O4S. The van der Waals surface area contributed by atoms with Crippen molar-refractivity contribution in [2.75, 3.05) is 11.5 Å². The molecule has 1 heterocycles. The van der Waals surface area contributed by atoms with Crippen molar-refractivity contribution < 1.29 is 19.1 Å². The normalized spacial score (nSPS) is 11.7. The molecule has 0 fully saturated rings. The van der Waals surface area contributed by atoms with Gasteiger partial charge in [0.25, 0.3) is 0 Å². The first-order valence-corrected chi connectivity index (χ1v) is 9.08. The largest absolute Gasteiger partial charge is 0.457 e. The third-order valence-electron chi connectivity index (χ3n) is 3.29. The van der Waals surface area contributed by atoms with E-state index in [-0.39, 0.29) is 19.1 Å². The molecule has 26 heavy (non-hydrogen) atoms. The quantitative estimate of drug-likeness (QED) is 0.497. The first kappa shape index (κ1) is 20.1. The van der Waals surface area contributed by atoms with Gasteiger partial charge in [0, 0.05) is 17.3 Å². The molecule has 0 saturated carbocycles. The predicted octanol–water partition coefficient (Wildman–Crippen LogP) is 4.12. The fourth-order valence-corrected chi connectivity index (χ4v) is 3.02. The van der Waals surface area contributed by atoms with Crippen LogP contribution in [0.3, 0.4) is 0 Å². The minimum absolute atomic E-state index is 0.00346. The van der Waals surface area contributed by atoms with Gasteiger partial charge in [-0.1, -0.05) is 17.7 Å². The van der Waals surface area contributed by atoms with E-state index in [0.717, 1.165) is 0 Å². The number of nitrogens with zero attached hydrogens (tertiary/aromatic N) is 2. The van der Waals surface area contributed by atoms with Crippen molar-refractivity contribution in [2.24, 2.45) is 0 Å². The Balaban J connectivity index is 2.05. The molecule has 0 saturated heterocycles. The number of rotatable bonds is 8. The number of anilines is 2. The monoisotopic (exact) mass is 394 g/mol. The van der Waals surface area contributed by atoms with Crippen molar-refractivity contribution in [3.8, 4) is 0 Å². The lowest BCUT2D eigenvalue weighted by atomic mass is 10.3. The van der Waals surface area contributed by atoms with Crippen LogP contribution >= 0.6 is 22.9 Å². The summed E-state index contributed by atoms with van der Waals surface area (Å²) < 4.78 is 10.4. The van der Waals surface area contributed by atoms with Crippen molar-refractivity contribution in [3.63, 3.8) is 0 Å². The Morgan fingerprint density at radius 1 is 1.38 bits per heavy atom. The lowest BCUT2D eigenvalue weighted by molar-refractivity contribution is -0.156. The molecule has 0 aliphatic carbocycles. The zero-order valence-electron chi connectivity index (χ0n) is 14.5. The van der Waals surface area contributed by atoms with Crippen LogP contribution in [0.4, 0.5) is 10.8 Å². The van der Waals surface area contributed by atoms with Gasteiger partial charge in [-0.25, -0.2) is 9.78 Å². The number of ether oxygens (including phenoxy) is 2. The molecule has 1 amide bonds. The van der Waals surface area contributed by atoms with Crippen LogP contribution in [0.1, 0.15) is 19.5 Å². The molecule has 0 N–H and O–H groups in total. The number of thiazole rings is 1. The van der Waals surface area contributed by atoms with Crippen LogP contribution in [-0.4, -0.2) is 29.6 Å². The maximum atomic E-state index is 12.0. The van der Waals surface area contributed by atoms with Crippen molar-refractivity contribution >= 4 is 45.6 Å². The highest BCUT2D eigenvalue weighted by molar-refractivity contribution is 7.14. The van der Waals surface area contributed by atoms with Crippen LogP contribution < -0.4 is 4.90 Å². The van der Waals surface area contributed by atoms with E-state index in [1.807, 2.05) is 0 Å². The Morgan fingerprint density at radius 2 is 2.08 bits per heavy atom. The topological polar surface area (TPSA) is 68.7 Å². The first-order chi connectivity index (χ1) is 12.4. The molecule has 1 atom stereocenters. The summed E-state index contributed by atoms with van der Waals surface area (Å²) in [6.45, 7) is 6.86. The van der Waals surface area contributed by atoms with Gasteiger partial charge in [-0.15, -0.1) is 17.9 Å². The van der Waals surface area contributed by atoms with E-state index in [2.05, 4.69) is 11.6 Å². The molecule has 1 aromatic heterocycles. The van der Waals surface area contributed by atoms with E-state index in [9.17, 15) is 9.59 Å². The summed E-state index contributed by atoms with van der Waals surface area (Å²) in [7, 11) is 0. The number of hydrogen-bond donors (Lipinski definition) is 0. The Labute approximate surface area is 161 Å². The molecule has 0 spiro atoms. The second kappa shape index (κ2) is 9.47. The molecule has 0 aliphatic heterocycles. The highest BCUT2D eigenvalue weighted by Crippen LogP contribution is 2.30. The van der Waals surface area contributed by atoms with Crippen molar-refractivity contribution in [3.05, 3.63) is 53.0 Å². The van der Waals surface area contributed by atoms with Crippen LogP contribution in [0.2, 0.25) is 5.02 Å². The van der Waals surface area contributed by atoms with E-state index in [1.54, 1.807) is 42.6 Å². The molecule has 0 bridgehead atoms. The average molecular weight is 395 g/mol. The summed E-state index contributed by atoms with van der Waals surface area (Å²) in [5, 5.41) is 2.81. The van der Waals surface area contributed by atoms with E-state index in [4.69, 9.17) is 21.1 Å². The molecule has 8 heteroatoms. The van der Waals surface area contributed by atoms with Gasteiger partial charge < -0.3 is 9.47 Å². The minimum atomic E-state index is -0.686. The maximum absolute atomic E-state index is 12.0. The second-order valence-corrected chi connectivity index (χ2v) is 6.60. The number of carbonyl (C=O) groups is 2. The summed E-state index contributed by atoms with van der Waals surface area (Å²) in [4.78, 5) is 29.7. The highest BCUT2D eigenvalue weighted by Gasteiger charge is 2.19. The summed E-state index contributed by atoms with van der Waals surface area (Å²) in [6, 6.07) is 6.88. The zero-order valence-corrected chi connectivity index (χ0v) is 16.0. The molecule has 0 aliphatic rings.